The summed E-state index contributed by atoms with van der Waals surface area (Å²) >= 11 is 1.26. The van der Waals surface area contributed by atoms with Gasteiger partial charge in [-0.1, -0.05) is 11.3 Å². The van der Waals surface area contributed by atoms with Crippen LogP contribution in [-0.2, 0) is 10.0 Å². The molecular formula is C15H15N3O3S2. The summed E-state index contributed by atoms with van der Waals surface area (Å²) in [6.07, 6.45) is 0. The monoisotopic (exact) mass is 349 g/mol. The van der Waals surface area contributed by atoms with Gasteiger partial charge in [-0.25, -0.2) is 13.4 Å². The highest BCUT2D eigenvalue weighted by Crippen LogP contribution is 2.30. The number of nitrogens with one attached hydrogen (secondary N) is 1. The number of nitrogens with zero attached hydrogens (tertiary/aromatic N) is 1. The summed E-state index contributed by atoms with van der Waals surface area (Å²) in [5.74, 6) is 0.733. The number of hydrogen-bond acceptors (Lipinski definition) is 6. The van der Waals surface area contributed by atoms with Crippen LogP contribution in [0.2, 0.25) is 0 Å². The van der Waals surface area contributed by atoms with Crippen molar-refractivity contribution >= 4 is 42.4 Å². The smallest absolute Gasteiger partial charge is 0.263 e. The quantitative estimate of drug-likeness (QED) is 0.690. The maximum Gasteiger partial charge on any atom is 0.263 e. The summed E-state index contributed by atoms with van der Waals surface area (Å²) < 4.78 is 33.5. The number of thiazole rings is 1. The Hall–Kier alpha value is -2.32. The van der Waals surface area contributed by atoms with E-state index in [1.54, 1.807) is 18.2 Å². The zero-order valence-electron chi connectivity index (χ0n) is 12.3. The van der Waals surface area contributed by atoms with Crippen molar-refractivity contribution in [3.05, 3.63) is 42.5 Å². The van der Waals surface area contributed by atoms with Crippen LogP contribution in [0.15, 0.2) is 47.4 Å². The van der Waals surface area contributed by atoms with Crippen LogP contribution in [0.5, 0.6) is 5.75 Å². The molecule has 0 amide bonds. The second kappa shape index (κ2) is 6.05. The lowest BCUT2D eigenvalue weighted by molar-refractivity contribution is 0.341. The van der Waals surface area contributed by atoms with Crippen molar-refractivity contribution < 1.29 is 13.2 Å². The van der Waals surface area contributed by atoms with Crippen molar-refractivity contribution in [2.45, 2.75) is 11.8 Å². The summed E-state index contributed by atoms with van der Waals surface area (Å²) in [6.45, 7) is 2.48. The molecule has 0 unspecified atom stereocenters. The van der Waals surface area contributed by atoms with E-state index in [1.165, 1.54) is 23.5 Å². The number of benzene rings is 2. The molecule has 0 aliphatic heterocycles. The lowest BCUT2D eigenvalue weighted by atomic mass is 10.3. The van der Waals surface area contributed by atoms with Crippen LogP contribution in [-0.4, -0.2) is 20.0 Å². The lowest BCUT2D eigenvalue weighted by Crippen LogP contribution is -2.12. The Kier molecular flexibility index (Phi) is 4.10. The summed E-state index contributed by atoms with van der Waals surface area (Å²) in [5, 5.41) is 0.311. The van der Waals surface area contributed by atoms with Gasteiger partial charge >= 0.3 is 0 Å². The minimum atomic E-state index is -3.69. The van der Waals surface area contributed by atoms with Gasteiger partial charge in [0.05, 0.1) is 21.7 Å². The molecule has 0 aliphatic rings. The van der Waals surface area contributed by atoms with Gasteiger partial charge in [-0.15, -0.1) is 0 Å². The number of anilines is 2. The molecule has 0 radical (unpaired) electrons. The highest BCUT2D eigenvalue weighted by molar-refractivity contribution is 7.93. The van der Waals surface area contributed by atoms with Crippen LogP contribution >= 0.6 is 11.3 Å². The molecule has 6 nitrogen and oxygen atoms in total. The maximum atomic E-state index is 12.3. The largest absolute Gasteiger partial charge is 0.494 e. The first kappa shape index (κ1) is 15.6. The zero-order valence-corrected chi connectivity index (χ0v) is 13.9. The molecule has 0 spiro atoms. The van der Waals surface area contributed by atoms with E-state index in [-0.39, 0.29) is 4.90 Å². The van der Waals surface area contributed by atoms with Gasteiger partial charge in [0.1, 0.15) is 5.75 Å². The minimum Gasteiger partial charge on any atom is -0.494 e. The predicted octanol–water partition coefficient (Wildman–Crippen LogP) is 3.08. The predicted molar refractivity (Wildman–Crippen MR) is 92.5 cm³/mol. The topological polar surface area (TPSA) is 94.3 Å². The molecule has 8 heteroatoms. The standard InChI is InChI=1S/C15H15N3O3S2/c1-2-21-11-5-8-13-14(9-11)22-15(17-13)18-23(19,20)12-6-3-10(16)4-7-12/h3-9H,2,16H2,1H3,(H,17,18). The van der Waals surface area contributed by atoms with Gasteiger partial charge in [0.15, 0.2) is 5.13 Å². The molecule has 3 aromatic rings. The molecule has 3 rings (SSSR count). The van der Waals surface area contributed by atoms with E-state index in [1.807, 2.05) is 19.1 Å². The van der Waals surface area contributed by atoms with E-state index >= 15 is 0 Å². The fourth-order valence-corrected chi connectivity index (χ4v) is 4.16. The summed E-state index contributed by atoms with van der Waals surface area (Å²) in [4.78, 5) is 4.43. The van der Waals surface area contributed by atoms with Crippen LogP contribution in [0.3, 0.4) is 0 Å². The fraction of sp³-hybridized carbons (Fsp3) is 0.133. The average Bonchev–Trinajstić information content (AvgIpc) is 2.88. The Balaban J connectivity index is 1.89. The van der Waals surface area contributed by atoms with Gasteiger partial charge in [0, 0.05) is 5.69 Å². The van der Waals surface area contributed by atoms with E-state index in [0.29, 0.717) is 22.9 Å². The van der Waals surface area contributed by atoms with Crippen LogP contribution < -0.4 is 15.2 Å². The van der Waals surface area contributed by atoms with E-state index < -0.39 is 10.0 Å². The van der Waals surface area contributed by atoms with Crippen molar-refractivity contribution in [3.8, 4) is 5.75 Å². The summed E-state index contributed by atoms with van der Waals surface area (Å²) in [5.41, 5.74) is 6.80. The molecule has 0 saturated heterocycles. The molecule has 0 bridgehead atoms. The van der Waals surface area contributed by atoms with Crippen molar-refractivity contribution in [2.75, 3.05) is 17.1 Å². The summed E-state index contributed by atoms with van der Waals surface area (Å²) in [6, 6.07) is 11.5. The molecule has 0 fully saturated rings. The van der Waals surface area contributed by atoms with Gasteiger partial charge < -0.3 is 10.5 Å². The molecule has 0 aliphatic carbocycles. The van der Waals surface area contributed by atoms with Crippen LogP contribution in [0.4, 0.5) is 10.8 Å². The van der Waals surface area contributed by atoms with Crippen LogP contribution in [0, 0.1) is 0 Å². The van der Waals surface area contributed by atoms with Crippen molar-refractivity contribution in [2.24, 2.45) is 0 Å². The average molecular weight is 349 g/mol. The van der Waals surface area contributed by atoms with Gasteiger partial charge in [0.2, 0.25) is 0 Å². The normalized spacial score (nSPS) is 11.5. The zero-order chi connectivity index (χ0) is 16.4. The second-order valence-electron chi connectivity index (χ2n) is 4.76. The van der Waals surface area contributed by atoms with Crippen molar-refractivity contribution in [3.63, 3.8) is 0 Å². The number of aromatic nitrogens is 1. The molecule has 1 aromatic heterocycles. The number of nitrogens with two attached hydrogens (primary N) is 1. The van der Waals surface area contributed by atoms with Gasteiger partial charge in [-0.2, -0.15) is 0 Å². The third-order valence-electron chi connectivity index (χ3n) is 3.08. The molecule has 2 aromatic carbocycles. The molecule has 120 valence electrons. The third-order valence-corrected chi connectivity index (χ3v) is 5.50. The first-order chi connectivity index (χ1) is 11.0. The van der Waals surface area contributed by atoms with Crippen LogP contribution in [0.1, 0.15) is 6.92 Å². The fourth-order valence-electron chi connectivity index (χ4n) is 2.03. The number of fused-ring (bicyclic) bond motifs is 1. The molecule has 1 heterocycles. The Morgan fingerprint density at radius 1 is 1.22 bits per heavy atom. The van der Waals surface area contributed by atoms with E-state index in [2.05, 4.69) is 9.71 Å². The Labute approximate surface area is 138 Å². The number of ether oxygens (including phenoxy) is 1. The first-order valence-electron chi connectivity index (χ1n) is 6.90. The second-order valence-corrected chi connectivity index (χ2v) is 7.47. The molecular weight excluding hydrogens is 334 g/mol. The minimum absolute atomic E-state index is 0.140. The molecule has 3 N–H and O–H groups in total. The lowest BCUT2D eigenvalue weighted by Gasteiger charge is -2.04. The number of hydrogen-bond donors (Lipinski definition) is 2. The van der Waals surface area contributed by atoms with E-state index in [0.717, 1.165) is 10.4 Å². The molecule has 0 saturated carbocycles. The SMILES string of the molecule is CCOc1ccc2nc(NS(=O)(=O)c3ccc(N)cc3)sc2c1. The number of nitrogen functional groups attached to an aromatic ring is 1. The van der Waals surface area contributed by atoms with Gasteiger partial charge in [0.25, 0.3) is 10.0 Å². The maximum absolute atomic E-state index is 12.3. The van der Waals surface area contributed by atoms with Crippen LogP contribution in [0.25, 0.3) is 10.2 Å². The Morgan fingerprint density at radius 3 is 2.65 bits per heavy atom. The Morgan fingerprint density at radius 2 is 1.96 bits per heavy atom. The van der Waals surface area contributed by atoms with Crippen molar-refractivity contribution in [1.82, 2.24) is 4.98 Å². The number of sulfonamides is 1. The Bertz CT molecular complexity index is 934. The highest BCUT2D eigenvalue weighted by atomic mass is 32.2. The van der Waals surface area contributed by atoms with Crippen molar-refractivity contribution in [1.29, 1.82) is 0 Å². The third kappa shape index (κ3) is 3.38. The number of rotatable bonds is 5. The highest BCUT2D eigenvalue weighted by Gasteiger charge is 2.16. The summed E-state index contributed by atoms with van der Waals surface area (Å²) in [7, 11) is -3.69. The van der Waals surface area contributed by atoms with E-state index in [9.17, 15) is 8.42 Å². The van der Waals surface area contributed by atoms with Gasteiger partial charge in [-0.05, 0) is 49.4 Å². The molecule has 23 heavy (non-hydrogen) atoms. The van der Waals surface area contributed by atoms with Gasteiger partial charge in [-0.3, -0.25) is 4.72 Å². The van der Waals surface area contributed by atoms with E-state index in [4.69, 9.17) is 10.5 Å². The molecule has 0 atom stereocenters. The first-order valence-corrected chi connectivity index (χ1v) is 9.19.